The van der Waals surface area contributed by atoms with Crippen LogP contribution in [-0.2, 0) is 22.2 Å². The predicted molar refractivity (Wildman–Crippen MR) is 170 cm³/mol. The van der Waals surface area contributed by atoms with Gasteiger partial charge in [0.25, 0.3) is 0 Å². The maximum absolute atomic E-state index is 12.6. The van der Waals surface area contributed by atoms with Crippen molar-refractivity contribution in [3.8, 4) is 28.4 Å². The van der Waals surface area contributed by atoms with E-state index in [0.29, 0.717) is 12.3 Å². The maximum Gasteiger partial charge on any atom is 0.248 e. The lowest BCUT2D eigenvalue weighted by molar-refractivity contribution is -0.111. The Morgan fingerprint density at radius 2 is 1.48 bits per heavy atom. The minimum atomic E-state index is -0.261. The van der Waals surface area contributed by atoms with Crippen LogP contribution in [0.4, 0.5) is 5.69 Å². The summed E-state index contributed by atoms with van der Waals surface area (Å²) in [7, 11) is 1.68. The van der Waals surface area contributed by atoms with Crippen molar-refractivity contribution in [2.75, 3.05) is 12.4 Å². The summed E-state index contributed by atoms with van der Waals surface area (Å²) in [5.74, 6) is 1.43. The normalized spacial score (nSPS) is 15.2. The average molecular weight is 562 g/mol. The molecule has 0 fully saturated rings. The van der Waals surface area contributed by atoms with Crippen LogP contribution in [0.2, 0.25) is 0 Å². The van der Waals surface area contributed by atoms with Gasteiger partial charge in [0, 0.05) is 22.9 Å². The van der Waals surface area contributed by atoms with Crippen LogP contribution in [-0.4, -0.2) is 18.1 Å². The van der Waals surface area contributed by atoms with Crippen molar-refractivity contribution in [1.29, 1.82) is 0 Å². The van der Waals surface area contributed by atoms with Gasteiger partial charge in [0.15, 0.2) is 0 Å². The summed E-state index contributed by atoms with van der Waals surface area (Å²) in [4.78, 5) is 12.6. The average Bonchev–Trinajstić information content (AvgIpc) is 2.98. The van der Waals surface area contributed by atoms with E-state index in [2.05, 4.69) is 57.3 Å². The molecule has 0 atom stereocenters. The summed E-state index contributed by atoms with van der Waals surface area (Å²) in [5.41, 5.74) is 7.16. The molecule has 1 amide bonds. The van der Waals surface area contributed by atoms with Crippen LogP contribution in [0.5, 0.6) is 17.2 Å². The van der Waals surface area contributed by atoms with Crippen molar-refractivity contribution in [2.45, 2.75) is 58.0 Å². The van der Waals surface area contributed by atoms with Gasteiger partial charge in [0.2, 0.25) is 5.91 Å². The van der Waals surface area contributed by atoms with Crippen molar-refractivity contribution in [2.24, 2.45) is 0 Å². The molecule has 0 bridgehead atoms. The highest BCUT2D eigenvalue weighted by molar-refractivity contribution is 6.02. The summed E-state index contributed by atoms with van der Waals surface area (Å²) >= 11 is 0. The second-order valence-electron chi connectivity index (χ2n) is 12.3. The van der Waals surface area contributed by atoms with E-state index in [1.54, 1.807) is 25.3 Å². The first kappa shape index (κ1) is 29.0. The van der Waals surface area contributed by atoms with Gasteiger partial charge in [-0.25, -0.2) is 0 Å². The molecule has 5 nitrogen and oxygen atoms in total. The van der Waals surface area contributed by atoms with Crippen molar-refractivity contribution in [1.82, 2.24) is 0 Å². The number of fused-ring (bicyclic) bond motifs is 1. The molecule has 4 aromatic rings. The SMILES string of the molecule is COc1ccc(/C=C\C(=O)Nc2ccc(O)cc2)cc1-c1cc2c(cc1OCc1ccccc1)C(C)(C)CCC2(C)C. The Morgan fingerprint density at radius 1 is 0.833 bits per heavy atom. The minimum Gasteiger partial charge on any atom is -0.508 e. The van der Waals surface area contributed by atoms with Gasteiger partial charge in [-0.2, -0.15) is 0 Å². The van der Waals surface area contributed by atoms with Gasteiger partial charge >= 0.3 is 0 Å². The van der Waals surface area contributed by atoms with E-state index < -0.39 is 0 Å². The fourth-order valence-corrected chi connectivity index (χ4v) is 5.60. The number of amides is 1. The quantitative estimate of drug-likeness (QED) is 0.167. The van der Waals surface area contributed by atoms with Crippen LogP contribution >= 0.6 is 0 Å². The number of phenols is 1. The summed E-state index contributed by atoms with van der Waals surface area (Å²) in [6.07, 6.45) is 5.51. The molecular formula is C37H39NO4. The second kappa shape index (κ2) is 11.8. The molecule has 0 heterocycles. The van der Waals surface area contributed by atoms with E-state index >= 15 is 0 Å². The Kier molecular flexibility index (Phi) is 8.13. The molecule has 42 heavy (non-hydrogen) atoms. The standard InChI is InChI=1S/C37H39NO4/c1-36(2)19-20-37(3,4)32-23-34(42-24-26-9-7-6-8-10-26)30(22-31(32)36)29-21-25(11-17-33(29)41-5)12-18-35(40)38-27-13-15-28(39)16-14-27/h6-18,21-23,39H,19-20,24H2,1-5H3,(H,38,40)/b18-12-. The third kappa shape index (κ3) is 6.36. The van der Waals surface area contributed by atoms with Gasteiger partial charge in [-0.3, -0.25) is 4.79 Å². The molecule has 0 aliphatic heterocycles. The first-order chi connectivity index (χ1) is 20.1. The lowest BCUT2D eigenvalue weighted by Crippen LogP contribution is -2.33. The van der Waals surface area contributed by atoms with E-state index in [-0.39, 0.29) is 22.5 Å². The number of hydrogen-bond acceptors (Lipinski definition) is 4. The number of carbonyl (C=O) groups is 1. The van der Waals surface area contributed by atoms with Crippen molar-refractivity contribution >= 4 is 17.7 Å². The highest BCUT2D eigenvalue weighted by atomic mass is 16.5. The Bertz CT molecular complexity index is 1600. The molecule has 0 aromatic heterocycles. The number of benzene rings is 4. The van der Waals surface area contributed by atoms with Gasteiger partial charge in [-0.15, -0.1) is 0 Å². The molecule has 5 rings (SSSR count). The van der Waals surface area contributed by atoms with Crippen LogP contribution in [0.3, 0.4) is 0 Å². The van der Waals surface area contributed by atoms with Gasteiger partial charge in [-0.05, 0) is 101 Å². The summed E-state index contributed by atoms with van der Waals surface area (Å²) in [5, 5.41) is 12.3. The molecule has 1 aliphatic carbocycles. The molecular weight excluding hydrogens is 522 g/mol. The maximum atomic E-state index is 12.6. The number of methoxy groups -OCH3 is 1. The van der Waals surface area contributed by atoms with Crippen LogP contribution in [0.25, 0.3) is 17.2 Å². The van der Waals surface area contributed by atoms with Gasteiger partial charge in [0.05, 0.1) is 7.11 Å². The van der Waals surface area contributed by atoms with Gasteiger partial charge in [0.1, 0.15) is 23.9 Å². The second-order valence-corrected chi connectivity index (χ2v) is 12.3. The largest absolute Gasteiger partial charge is 0.508 e. The van der Waals surface area contributed by atoms with Crippen LogP contribution in [0.15, 0.2) is 91.0 Å². The molecule has 4 aromatic carbocycles. The topological polar surface area (TPSA) is 67.8 Å². The lowest BCUT2D eigenvalue weighted by Gasteiger charge is -2.42. The smallest absolute Gasteiger partial charge is 0.248 e. The number of hydrogen-bond donors (Lipinski definition) is 2. The predicted octanol–water partition coefficient (Wildman–Crippen LogP) is 8.65. The van der Waals surface area contributed by atoms with E-state index in [1.165, 1.54) is 29.3 Å². The van der Waals surface area contributed by atoms with Crippen LogP contribution in [0, 0.1) is 0 Å². The van der Waals surface area contributed by atoms with Crippen molar-refractivity contribution < 1.29 is 19.4 Å². The van der Waals surface area contributed by atoms with E-state index in [4.69, 9.17) is 9.47 Å². The fraction of sp³-hybridized carbons (Fsp3) is 0.270. The van der Waals surface area contributed by atoms with Crippen molar-refractivity contribution in [3.63, 3.8) is 0 Å². The zero-order chi connectivity index (χ0) is 29.9. The molecule has 0 spiro atoms. The Hall–Kier alpha value is -4.51. The van der Waals surface area contributed by atoms with Crippen molar-refractivity contribution in [3.05, 3.63) is 113 Å². The molecule has 0 saturated carbocycles. The fourth-order valence-electron chi connectivity index (χ4n) is 5.60. The van der Waals surface area contributed by atoms with Crippen LogP contribution in [0.1, 0.15) is 62.8 Å². The molecule has 5 heteroatoms. The van der Waals surface area contributed by atoms with Gasteiger partial charge in [-0.1, -0.05) is 64.1 Å². The number of phenolic OH excluding ortho intramolecular Hbond substituents is 1. The number of ether oxygens (including phenoxy) is 2. The molecule has 0 radical (unpaired) electrons. The Labute approximate surface area is 248 Å². The van der Waals surface area contributed by atoms with E-state index in [0.717, 1.165) is 46.6 Å². The van der Waals surface area contributed by atoms with Gasteiger partial charge < -0.3 is 19.9 Å². The molecule has 0 saturated heterocycles. The first-order valence-electron chi connectivity index (χ1n) is 14.4. The summed E-state index contributed by atoms with van der Waals surface area (Å²) < 4.78 is 12.4. The Morgan fingerprint density at radius 3 is 2.14 bits per heavy atom. The molecule has 0 unspecified atom stereocenters. The molecule has 216 valence electrons. The zero-order valence-electron chi connectivity index (χ0n) is 25.0. The monoisotopic (exact) mass is 561 g/mol. The number of nitrogens with one attached hydrogen (secondary N) is 1. The highest BCUT2D eigenvalue weighted by Gasteiger charge is 2.38. The number of aromatic hydroxyl groups is 1. The third-order valence-electron chi connectivity index (χ3n) is 8.27. The first-order valence-corrected chi connectivity index (χ1v) is 14.4. The van der Waals surface area contributed by atoms with E-state index in [1.807, 2.05) is 36.4 Å². The van der Waals surface area contributed by atoms with Crippen LogP contribution < -0.4 is 14.8 Å². The number of carbonyl (C=O) groups excluding carboxylic acids is 1. The zero-order valence-corrected chi connectivity index (χ0v) is 25.0. The third-order valence-corrected chi connectivity index (χ3v) is 8.27. The molecule has 2 N–H and O–H groups in total. The summed E-state index contributed by atoms with van der Waals surface area (Å²) in [6.45, 7) is 9.72. The molecule has 1 aliphatic rings. The summed E-state index contributed by atoms with van der Waals surface area (Å²) in [6, 6.07) is 27.0. The lowest BCUT2D eigenvalue weighted by atomic mass is 9.62. The number of rotatable bonds is 8. The highest BCUT2D eigenvalue weighted by Crippen LogP contribution is 2.50. The van der Waals surface area contributed by atoms with E-state index in [9.17, 15) is 9.90 Å². The number of anilines is 1. The Balaban J connectivity index is 1.55. The minimum absolute atomic E-state index is 0.0224.